The second-order valence-corrected chi connectivity index (χ2v) is 15.5. The molecule has 2 heterocycles. The third-order valence-electron chi connectivity index (χ3n) is 6.78. The molecule has 1 aromatic carbocycles. The van der Waals surface area contributed by atoms with Crippen molar-refractivity contribution in [1.82, 2.24) is 14.3 Å². The Morgan fingerprint density at radius 3 is 2.06 bits per heavy atom. The zero-order chi connectivity index (χ0) is 37.3. The minimum absolute atomic E-state index is 0.0268. The number of hydrogen-bond acceptors (Lipinski definition) is 9. The van der Waals surface area contributed by atoms with Gasteiger partial charge in [0.05, 0.1) is 12.2 Å². The van der Waals surface area contributed by atoms with Crippen LogP contribution in [0.1, 0.15) is 72.6 Å². The molecule has 1 amide bonds. The molecule has 0 saturated heterocycles. The molecule has 0 aliphatic heterocycles. The van der Waals surface area contributed by atoms with Crippen LogP contribution in [0.25, 0.3) is 0 Å². The predicted molar refractivity (Wildman–Crippen MR) is 184 cm³/mol. The third kappa shape index (κ3) is 12.9. The number of pyridine rings is 2. The van der Waals surface area contributed by atoms with Crippen LogP contribution in [0.4, 0.5) is 29.5 Å². The number of esters is 1. The van der Waals surface area contributed by atoms with Crippen LogP contribution in [0, 0.1) is 0 Å². The van der Waals surface area contributed by atoms with Gasteiger partial charge in [0.25, 0.3) is 10.0 Å². The van der Waals surface area contributed by atoms with E-state index in [9.17, 15) is 31.2 Å². The van der Waals surface area contributed by atoms with Crippen molar-refractivity contribution in [2.45, 2.75) is 96.8 Å². The van der Waals surface area contributed by atoms with E-state index in [1.165, 1.54) is 41.4 Å². The van der Waals surface area contributed by atoms with Gasteiger partial charge in [0.1, 0.15) is 30.1 Å². The number of rotatable bonds is 14. The largest absolute Gasteiger partial charge is 0.459 e. The highest BCUT2D eigenvalue weighted by Gasteiger charge is 2.32. The number of benzene rings is 1. The summed E-state index contributed by atoms with van der Waals surface area (Å²) in [4.78, 5) is 36.9. The molecule has 0 N–H and O–H groups in total. The number of sulfonamides is 1. The molecule has 0 bridgehead atoms. The first-order chi connectivity index (χ1) is 23.2. The SMILES string of the molecule is CCCCN(CC(F)(F)F)c1ccc(CN(Cc2cccc(N(CC(=O)OC(C)(C)C)C(=O)OC(C)(C)C)n2)S(=O)(=O)c2ccccn2)cc1. The van der Waals surface area contributed by atoms with Crippen molar-refractivity contribution in [3.63, 3.8) is 0 Å². The van der Waals surface area contributed by atoms with Crippen LogP contribution in [-0.2, 0) is 37.4 Å². The van der Waals surface area contributed by atoms with Crippen LogP contribution in [0.5, 0.6) is 0 Å². The van der Waals surface area contributed by atoms with Gasteiger partial charge in [-0.05, 0) is 89.9 Å². The normalized spacial score (nSPS) is 12.5. The number of halogens is 3. The van der Waals surface area contributed by atoms with Crippen LogP contribution in [0.2, 0.25) is 0 Å². The summed E-state index contributed by atoms with van der Waals surface area (Å²) in [6.45, 7) is 10.1. The second-order valence-electron chi connectivity index (χ2n) is 13.6. The van der Waals surface area contributed by atoms with E-state index in [0.29, 0.717) is 17.7 Å². The molecule has 11 nitrogen and oxygen atoms in total. The van der Waals surface area contributed by atoms with Crippen molar-refractivity contribution >= 4 is 33.6 Å². The van der Waals surface area contributed by atoms with Crippen molar-refractivity contribution in [2.75, 3.05) is 29.4 Å². The molecule has 50 heavy (non-hydrogen) atoms. The first-order valence-electron chi connectivity index (χ1n) is 16.2. The first kappa shape index (κ1) is 40.2. The zero-order valence-corrected chi connectivity index (χ0v) is 30.3. The van der Waals surface area contributed by atoms with Gasteiger partial charge in [-0.25, -0.2) is 23.2 Å². The van der Waals surface area contributed by atoms with E-state index in [4.69, 9.17) is 9.47 Å². The fourth-order valence-electron chi connectivity index (χ4n) is 4.68. The van der Waals surface area contributed by atoms with Crippen molar-refractivity contribution in [1.29, 1.82) is 0 Å². The van der Waals surface area contributed by atoms with E-state index < -0.39 is 52.6 Å². The maximum absolute atomic E-state index is 13.9. The molecule has 0 unspecified atom stereocenters. The van der Waals surface area contributed by atoms with E-state index in [0.717, 1.165) is 15.6 Å². The topological polar surface area (TPSA) is 122 Å². The molecule has 0 aliphatic carbocycles. The van der Waals surface area contributed by atoms with Gasteiger partial charge in [-0.15, -0.1) is 0 Å². The van der Waals surface area contributed by atoms with Gasteiger partial charge < -0.3 is 14.4 Å². The van der Waals surface area contributed by atoms with E-state index in [1.807, 2.05) is 6.92 Å². The molecule has 0 aliphatic rings. The van der Waals surface area contributed by atoms with E-state index in [1.54, 1.807) is 71.9 Å². The molecule has 0 radical (unpaired) electrons. The van der Waals surface area contributed by atoms with Gasteiger partial charge in [-0.1, -0.05) is 37.6 Å². The molecule has 3 aromatic rings. The van der Waals surface area contributed by atoms with Crippen molar-refractivity contribution in [3.05, 3.63) is 78.1 Å². The molecular weight excluding hydrogens is 675 g/mol. The summed E-state index contributed by atoms with van der Waals surface area (Å²) < 4.78 is 79.8. The molecule has 15 heteroatoms. The maximum Gasteiger partial charge on any atom is 0.416 e. The molecular formula is C35H46F3N5O6S. The summed E-state index contributed by atoms with van der Waals surface area (Å²) in [5, 5.41) is -0.219. The lowest BCUT2D eigenvalue weighted by Gasteiger charge is -2.28. The standard InChI is InChI=1S/C35H46F3N5O6S/c1-8-9-21-41(25-35(36,37)38)28-18-16-26(17-19-28)22-42(50(46,47)30-15-10-11-20-39-30)23-27-13-12-14-29(40-27)43(32(45)49-34(5,6)7)24-31(44)48-33(2,3)4/h10-20H,8-9,21-25H2,1-7H3. The van der Waals surface area contributed by atoms with Crippen LogP contribution >= 0.6 is 0 Å². The fraction of sp³-hybridized carbons (Fsp3) is 0.486. The van der Waals surface area contributed by atoms with Crippen LogP contribution in [-0.4, -0.2) is 71.8 Å². The van der Waals surface area contributed by atoms with E-state index in [2.05, 4.69) is 9.97 Å². The minimum atomic E-state index is -4.40. The lowest BCUT2D eigenvalue weighted by Crippen LogP contribution is -2.42. The average molecular weight is 722 g/mol. The number of carbonyl (C=O) groups is 2. The highest BCUT2D eigenvalue weighted by atomic mass is 32.2. The number of alkyl halides is 3. The molecule has 3 rings (SSSR count). The lowest BCUT2D eigenvalue weighted by molar-refractivity contribution is -0.153. The number of unbranched alkanes of at least 4 members (excludes halogenated alkanes) is 1. The lowest BCUT2D eigenvalue weighted by atomic mass is 10.1. The Kier molecular flexibility index (Phi) is 13.4. The third-order valence-corrected chi connectivity index (χ3v) is 8.49. The van der Waals surface area contributed by atoms with Gasteiger partial charge in [0.2, 0.25) is 0 Å². The molecule has 0 fully saturated rings. The number of aromatic nitrogens is 2. The Hall–Kier alpha value is -4.24. The summed E-state index contributed by atoms with van der Waals surface area (Å²) in [5.74, 6) is -0.680. The summed E-state index contributed by atoms with van der Waals surface area (Å²) in [6.07, 6.45) is -2.61. The summed E-state index contributed by atoms with van der Waals surface area (Å²) in [5.41, 5.74) is -0.625. The Morgan fingerprint density at radius 1 is 0.840 bits per heavy atom. The van der Waals surface area contributed by atoms with Gasteiger partial charge in [0, 0.05) is 25.0 Å². The highest BCUT2D eigenvalue weighted by molar-refractivity contribution is 7.89. The number of ether oxygens (including phenoxy) is 2. The average Bonchev–Trinajstić information content (AvgIpc) is 3.00. The van der Waals surface area contributed by atoms with Crippen LogP contribution in [0.3, 0.4) is 0 Å². The minimum Gasteiger partial charge on any atom is -0.459 e. The molecule has 274 valence electrons. The van der Waals surface area contributed by atoms with Crippen molar-refractivity contribution < 1.29 is 40.7 Å². The Labute approximate surface area is 292 Å². The Bertz CT molecular complexity index is 1680. The van der Waals surface area contributed by atoms with Gasteiger partial charge in [-0.3, -0.25) is 9.69 Å². The smallest absolute Gasteiger partial charge is 0.416 e. The number of amides is 1. The maximum atomic E-state index is 13.9. The number of anilines is 2. The highest BCUT2D eigenvalue weighted by Crippen LogP contribution is 2.26. The van der Waals surface area contributed by atoms with Gasteiger partial charge in [0.15, 0.2) is 5.03 Å². The Balaban J connectivity index is 1.99. The zero-order valence-electron chi connectivity index (χ0n) is 29.5. The van der Waals surface area contributed by atoms with E-state index >= 15 is 0 Å². The molecule has 0 spiro atoms. The number of nitrogens with zero attached hydrogens (tertiary/aromatic N) is 5. The van der Waals surface area contributed by atoms with E-state index in [-0.39, 0.29) is 36.2 Å². The van der Waals surface area contributed by atoms with Crippen molar-refractivity contribution in [3.8, 4) is 0 Å². The summed E-state index contributed by atoms with van der Waals surface area (Å²) in [6, 6.07) is 15.3. The van der Waals surface area contributed by atoms with Gasteiger partial charge >= 0.3 is 18.2 Å². The van der Waals surface area contributed by atoms with Crippen LogP contribution in [0.15, 0.2) is 71.9 Å². The monoisotopic (exact) mass is 721 g/mol. The van der Waals surface area contributed by atoms with Crippen LogP contribution < -0.4 is 9.80 Å². The fourth-order valence-corrected chi connectivity index (χ4v) is 6.01. The molecule has 2 aromatic heterocycles. The second kappa shape index (κ2) is 16.6. The summed E-state index contributed by atoms with van der Waals surface area (Å²) >= 11 is 0. The molecule has 0 saturated carbocycles. The summed E-state index contributed by atoms with van der Waals surface area (Å²) in [7, 11) is -4.23. The first-order valence-corrected chi connectivity index (χ1v) is 17.6. The molecule has 0 atom stereocenters. The number of carbonyl (C=O) groups excluding carboxylic acids is 2. The predicted octanol–water partition coefficient (Wildman–Crippen LogP) is 7.12. The van der Waals surface area contributed by atoms with Crippen molar-refractivity contribution in [2.24, 2.45) is 0 Å². The Morgan fingerprint density at radius 2 is 1.50 bits per heavy atom. The quantitative estimate of drug-likeness (QED) is 0.160. The van der Waals surface area contributed by atoms with Gasteiger partial charge in [-0.2, -0.15) is 17.5 Å². The number of hydrogen-bond donors (Lipinski definition) is 0.